The number of aromatic nitrogens is 3. The fourth-order valence-corrected chi connectivity index (χ4v) is 3.50. The van der Waals surface area contributed by atoms with Crippen LogP contribution in [0.1, 0.15) is 21.6 Å². The molecule has 2 aromatic heterocycles. The molecule has 0 spiro atoms. The first kappa shape index (κ1) is 19.3. The number of nitrogens with one attached hydrogen (secondary N) is 1. The van der Waals surface area contributed by atoms with Crippen LogP contribution in [0.5, 0.6) is 0 Å². The Labute approximate surface area is 171 Å². The molecule has 0 aliphatic carbocycles. The molecule has 4 rings (SSSR count). The van der Waals surface area contributed by atoms with Gasteiger partial charge in [-0.15, -0.1) is 0 Å². The summed E-state index contributed by atoms with van der Waals surface area (Å²) < 4.78 is 1.67. The highest BCUT2D eigenvalue weighted by molar-refractivity contribution is 6.04. The molecule has 0 atom stereocenters. The van der Waals surface area contributed by atoms with Crippen LogP contribution in [0.15, 0.2) is 54.9 Å². The first-order valence-electron chi connectivity index (χ1n) is 9.87. The number of carbonyl (C=O) groups is 1. The Hall–Kier alpha value is -3.03. The molecule has 1 saturated heterocycles. The van der Waals surface area contributed by atoms with Crippen molar-refractivity contribution in [2.75, 3.05) is 38.5 Å². The number of pyridine rings is 1. The van der Waals surface area contributed by atoms with Crippen molar-refractivity contribution in [2.45, 2.75) is 13.5 Å². The van der Waals surface area contributed by atoms with E-state index >= 15 is 0 Å². The number of nitrogens with zero attached hydrogens (tertiary/aromatic N) is 5. The quantitative estimate of drug-likeness (QED) is 0.725. The number of piperazine rings is 1. The summed E-state index contributed by atoms with van der Waals surface area (Å²) in [7, 11) is 2.16. The van der Waals surface area contributed by atoms with Gasteiger partial charge in [0.1, 0.15) is 0 Å². The van der Waals surface area contributed by atoms with Crippen molar-refractivity contribution in [1.82, 2.24) is 24.6 Å². The van der Waals surface area contributed by atoms with Crippen molar-refractivity contribution >= 4 is 11.6 Å². The predicted molar refractivity (Wildman–Crippen MR) is 113 cm³/mol. The molecule has 7 heteroatoms. The zero-order valence-electron chi connectivity index (χ0n) is 16.9. The molecular weight excluding hydrogens is 364 g/mol. The maximum absolute atomic E-state index is 12.7. The van der Waals surface area contributed by atoms with Crippen LogP contribution in [0, 0.1) is 6.92 Å². The summed E-state index contributed by atoms with van der Waals surface area (Å²) in [6.07, 6.45) is 3.29. The van der Waals surface area contributed by atoms with Crippen LogP contribution >= 0.6 is 0 Å². The van der Waals surface area contributed by atoms with E-state index in [1.54, 1.807) is 17.1 Å². The number of anilines is 1. The minimum atomic E-state index is -0.170. The number of benzene rings is 1. The SMILES string of the molecule is Cc1c(C(=O)Nc2ccc(CN3CCN(C)CC3)cc2)cnn1-c1ccccn1. The van der Waals surface area contributed by atoms with Crippen LogP contribution in [-0.2, 0) is 6.54 Å². The van der Waals surface area contributed by atoms with Gasteiger partial charge in [0.05, 0.1) is 17.5 Å². The summed E-state index contributed by atoms with van der Waals surface area (Å²) in [5.74, 6) is 0.522. The molecule has 1 N–H and O–H groups in total. The van der Waals surface area contributed by atoms with Gasteiger partial charge in [-0.25, -0.2) is 9.67 Å². The van der Waals surface area contributed by atoms with Gasteiger partial charge < -0.3 is 10.2 Å². The summed E-state index contributed by atoms with van der Waals surface area (Å²) in [6.45, 7) is 7.22. The molecule has 29 heavy (non-hydrogen) atoms. The van der Waals surface area contributed by atoms with Gasteiger partial charge in [0, 0.05) is 44.6 Å². The second kappa shape index (κ2) is 8.55. The van der Waals surface area contributed by atoms with Gasteiger partial charge in [-0.1, -0.05) is 18.2 Å². The van der Waals surface area contributed by atoms with E-state index in [-0.39, 0.29) is 5.91 Å². The summed E-state index contributed by atoms with van der Waals surface area (Å²) in [6, 6.07) is 13.7. The molecule has 0 unspecified atom stereocenters. The Balaban J connectivity index is 1.39. The average Bonchev–Trinajstić information content (AvgIpc) is 3.13. The standard InChI is InChI=1S/C22H26N6O/c1-17-20(15-24-28(17)21-5-3-4-10-23-21)22(29)25-19-8-6-18(7-9-19)16-27-13-11-26(2)12-14-27/h3-10,15H,11-14,16H2,1-2H3,(H,25,29). The minimum Gasteiger partial charge on any atom is -0.322 e. The third kappa shape index (κ3) is 4.52. The number of amides is 1. The van der Waals surface area contributed by atoms with Crippen molar-refractivity contribution in [3.8, 4) is 5.82 Å². The summed E-state index contributed by atoms with van der Waals surface area (Å²) >= 11 is 0. The zero-order chi connectivity index (χ0) is 20.2. The van der Waals surface area contributed by atoms with Crippen molar-refractivity contribution in [1.29, 1.82) is 0 Å². The highest BCUT2D eigenvalue weighted by Crippen LogP contribution is 2.16. The van der Waals surface area contributed by atoms with Gasteiger partial charge in [0.25, 0.3) is 5.91 Å². The zero-order valence-corrected chi connectivity index (χ0v) is 16.9. The highest BCUT2D eigenvalue weighted by Gasteiger charge is 2.16. The second-order valence-corrected chi connectivity index (χ2v) is 7.47. The molecule has 1 fully saturated rings. The molecule has 0 saturated carbocycles. The largest absolute Gasteiger partial charge is 0.322 e. The molecule has 1 aromatic carbocycles. The van der Waals surface area contributed by atoms with Crippen molar-refractivity contribution in [3.63, 3.8) is 0 Å². The van der Waals surface area contributed by atoms with E-state index in [1.165, 1.54) is 5.56 Å². The molecular formula is C22H26N6O. The first-order valence-corrected chi connectivity index (χ1v) is 9.87. The lowest BCUT2D eigenvalue weighted by atomic mass is 10.1. The van der Waals surface area contributed by atoms with E-state index in [4.69, 9.17) is 0 Å². The first-order chi connectivity index (χ1) is 14.1. The van der Waals surface area contributed by atoms with Gasteiger partial charge in [0.2, 0.25) is 0 Å². The number of carbonyl (C=O) groups excluding carboxylic acids is 1. The molecule has 150 valence electrons. The lowest BCUT2D eigenvalue weighted by molar-refractivity contribution is 0.102. The Bertz CT molecular complexity index is 959. The average molecular weight is 390 g/mol. The summed E-state index contributed by atoms with van der Waals surface area (Å²) in [4.78, 5) is 21.8. The Morgan fingerprint density at radius 2 is 1.83 bits per heavy atom. The summed E-state index contributed by atoms with van der Waals surface area (Å²) in [5, 5.41) is 7.29. The van der Waals surface area contributed by atoms with Crippen LogP contribution in [-0.4, -0.2) is 63.7 Å². The van der Waals surface area contributed by atoms with E-state index in [0.29, 0.717) is 11.4 Å². The monoisotopic (exact) mass is 390 g/mol. The molecule has 0 bridgehead atoms. The normalized spacial score (nSPS) is 15.4. The molecule has 3 aromatic rings. The number of hydrogen-bond acceptors (Lipinski definition) is 5. The second-order valence-electron chi connectivity index (χ2n) is 7.47. The van der Waals surface area contributed by atoms with Crippen LogP contribution in [0.2, 0.25) is 0 Å². The van der Waals surface area contributed by atoms with E-state index in [2.05, 4.69) is 44.4 Å². The Morgan fingerprint density at radius 1 is 1.07 bits per heavy atom. The molecule has 1 aliphatic rings. The summed E-state index contributed by atoms with van der Waals surface area (Å²) in [5.41, 5.74) is 3.33. The van der Waals surface area contributed by atoms with Crippen LogP contribution in [0.25, 0.3) is 5.82 Å². The van der Waals surface area contributed by atoms with Crippen molar-refractivity contribution in [3.05, 3.63) is 71.7 Å². The van der Waals surface area contributed by atoms with Gasteiger partial charge in [-0.3, -0.25) is 9.69 Å². The molecule has 1 amide bonds. The van der Waals surface area contributed by atoms with Gasteiger partial charge in [-0.2, -0.15) is 5.10 Å². The van der Waals surface area contributed by atoms with Crippen molar-refractivity contribution < 1.29 is 4.79 Å². The minimum absolute atomic E-state index is 0.170. The lowest BCUT2D eigenvalue weighted by Crippen LogP contribution is -2.43. The number of likely N-dealkylation sites (N-methyl/N-ethyl adjacent to an activating group) is 1. The fourth-order valence-electron chi connectivity index (χ4n) is 3.50. The third-order valence-electron chi connectivity index (χ3n) is 5.33. The maximum atomic E-state index is 12.7. The van der Waals surface area contributed by atoms with Gasteiger partial charge in [0.15, 0.2) is 5.82 Å². The van der Waals surface area contributed by atoms with Gasteiger partial charge >= 0.3 is 0 Å². The van der Waals surface area contributed by atoms with E-state index in [0.717, 1.165) is 44.1 Å². The lowest BCUT2D eigenvalue weighted by Gasteiger charge is -2.32. The fraction of sp³-hybridized carbons (Fsp3) is 0.318. The molecule has 1 aliphatic heterocycles. The smallest absolute Gasteiger partial charge is 0.259 e. The highest BCUT2D eigenvalue weighted by atomic mass is 16.1. The van der Waals surface area contributed by atoms with E-state index in [1.807, 2.05) is 37.3 Å². The Morgan fingerprint density at radius 3 is 2.52 bits per heavy atom. The molecule has 3 heterocycles. The van der Waals surface area contributed by atoms with Crippen LogP contribution in [0.3, 0.4) is 0 Å². The third-order valence-corrected chi connectivity index (χ3v) is 5.33. The van der Waals surface area contributed by atoms with Crippen molar-refractivity contribution in [2.24, 2.45) is 0 Å². The number of hydrogen-bond donors (Lipinski definition) is 1. The molecule has 7 nitrogen and oxygen atoms in total. The predicted octanol–water partition coefficient (Wildman–Crippen LogP) is 2.58. The topological polar surface area (TPSA) is 66.3 Å². The van der Waals surface area contributed by atoms with Crippen LogP contribution in [0.4, 0.5) is 5.69 Å². The van der Waals surface area contributed by atoms with E-state index < -0.39 is 0 Å². The number of rotatable bonds is 5. The van der Waals surface area contributed by atoms with E-state index in [9.17, 15) is 4.79 Å². The van der Waals surface area contributed by atoms with Gasteiger partial charge in [-0.05, 0) is 43.8 Å². The van der Waals surface area contributed by atoms with Crippen LogP contribution < -0.4 is 5.32 Å². The Kier molecular flexibility index (Phi) is 5.69. The maximum Gasteiger partial charge on any atom is 0.259 e. The molecule has 0 radical (unpaired) electrons.